The second-order valence-corrected chi connectivity index (χ2v) is 14.3. The molecule has 0 N–H and O–H groups in total. The molecular weight excluding hydrogens is 560 g/mol. The molecule has 3 aromatic rings. The maximum absolute atomic E-state index is 12.0. The Morgan fingerprint density at radius 3 is 1.46 bits per heavy atom. The standard InChI is InChI=1S/C27H33N2O3S.C4H10O3S/c1-27(2,3)32-26(30)31-22-12-18-25(19-13-22)33(23-14-8-20(9-15-23)28(4)5)24-16-10-21(11-17-24)29(6)7;1-2-3-4-8(5,6)7/h8-19H,1-7H3;2-4H2,1H3,(H,5,6,7)/q+1;/p-1. The minimum atomic E-state index is -3.94. The molecule has 3 aromatic carbocycles. The van der Waals surface area contributed by atoms with E-state index in [0.717, 1.165) is 22.7 Å². The lowest BCUT2D eigenvalue weighted by Crippen LogP contribution is -2.25. The lowest BCUT2D eigenvalue weighted by molar-refractivity contribution is 0.0206. The largest absolute Gasteiger partial charge is 0.748 e. The molecule has 0 radical (unpaired) electrons. The molecule has 0 aliphatic heterocycles. The zero-order valence-electron chi connectivity index (χ0n) is 25.2. The van der Waals surface area contributed by atoms with Gasteiger partial charge in [0.1, 0.15) is 11.4 Å². The first-order valence-electron chi connectivity index (χ1n) is 13.3. The third-order valence-electron chi connectivity index (χ3n) is 5.58. The number of hydrogen-bond donors (Lipinski definition) is 0. The van der Waals surface area contributed by atoms with E-state index in [4.69, 9.17) is 9.47 Å². The maximum atomic E-state index is 12.0. The van der Waals surface area contributed by atoms with Gasteiger partial charge in [-0.15, -0.1) is 0 Å². The fourth-order valence-corrected chi connectivity index (χ4v) is 6.18. The summed E-state index contributed by atoms with van der Waals surface area (Å²) in [6.07, 6.45) is 0.528. The van der Waals surface area contributed by atoms with Crippen LogP contribution in [0.1, 0.15) is 40.5 Å². The Hall–Kier alpha value is -3.21. The summed E-state index contributed by atoms with van der Waals surface area (Å²) >= 11 is 0. The Morgan fingerprint density at radius 1 is 0.780 bits per heavy atom. The van der Waals surface area contributed by atoms with Gasteiger partial charge in [0.25, 0.3) is 0 Å². The average molecular weight is 603 g/mol. The molecule has 0 amide bonds. The summed E-state index contributed by atoms with van der Waals surface area (Å²) in [5.74, 6) is 0.242. The summed E-state index contributed by atoms with van der Waals surface area (Å²) in [6, 6.07) is 25.0. The first-order chi connectivity index (χ1) is 19.1. The Balaban J connectivity index is 0.000000642. The molecule has 0 aliphatic rings. The fraction of sp³-hybridized carbons (Fsp3) is 0.387. The normalized spacial score (nSPS) is 11.4. The third kappa shape index (κ3) is 12.0. The van der Waals surface area contributed by atoms with Crippen LogP contribution in [-0.2, 0) is 25.7 Å². The zero-order valence-corrected chi connectivity index (χ0v) is 26.8. The first kappa shape index (κ1) is 34.0. The van der Waals surface area contributed by atoms with Gasteiger partial charge in [-0.25, -0.2) is 13.2 Å². The lowest BCUT2D eigenvalue weighted by Gasteiger charge is -2.18. The second-order valence-electron chi connectivity index (χ2n) is 10.7. The van der Waals surface area contributed by atoms with Crippen LogP contribution >= 0.6 is 0 Å². The second kappa shape index (κ2) is 15.1. The molecule has 0 fully saturated rings. The molecule has 0 aromatic heterocycles. The van der Waals surface area contributed by atoms with E-state index in [-0.39, 0.29) is 16.6 Å². The van der Waals surface area contributed by atoms with Gasteiger partial charge in [-0.1, -0.05) is 13.3 Å². The number of ether oxygens (including phenoxy) is 2. The summed E-state index contributed by atoms with van der Waals surface area (Å²) in [6.45, 7) is 7.27. The SMILES string of the molecule is CCCCS(=O)(=O)[O-].CN(C)c1ccc([S+](c2ccc(OC(=O)OC(C)(C)C)cc2)c2ccc(N(C)C)cc2)cc1. The lowest BCUT2D eigenvalue weighted by atomic mass is 10.2. The predicted octanol–water partition coefficient (Wildman–Crippen LogP) is 6.56. The number of carbonyl (C=O) groups is 1. The van der Waals surface area contributed by atoms with Crippen molar-refractivity contribution in [3.8, 4) is 5.75 Å². The van der Waals surface area contributed by atoms with Crippen LogP contribution in [0.2, 0.25) is 0 Å². The minimum absolute atomic E-state index is 0.219. The van der Waals surface area contributed by atoms with Crippen molar-refractivity contribution >= 4 is 38.5 Å². The summed E-state index contributed by atoms with van der Waals surface area (Å²) < 4.78 is 40.1. The quantitative estimate of drug-likeness (QED) is 0.118. The zero-order chi connectivity index (χ0) is 30.8. The van der Waals surface area contributed by atoms with Crippen LogP contribution in [0, 0.1) is 0 Å². The van der Waals surface area contributed by atoms with E-state index in [1.165, 1.54) is 9.79 Å². The Bertz CT molecular complexity index is 1280. The first-order valence-corrected chi connectivity index (χ1v) is 16.1. The molecule has 0 saturated carbocycles. The summed E-state index contributed by atoms with van der Waals surface area (Å²) in [5.41, 5.74) is 1.72. The van der Waals surface area contributed by atoms with E-state index in [9.17, 15) is 17.8 Å². The van der Waals surface area contributed by atoms with Crippen LogP contribution in [0.3, 0.4) is 0 Å². The van der Waals surface area contributed by atoms with Gasteiger partial charge in [-0.2, -0.15) is 0 Å². The van der Waals surface area contributed by atoms with E-state index in [1.807, 2.05) is 80.2 Å². The van der Waals surface area contributed by atoms with Crippen molar-refractivity contribution in [2.45, 2.75) is 60.8 Å². The highest BCUT2D eigenvalue weighted by atomic mass is 32.2. The maximum Gasteiger partial charge on any atom is 0.514 e. The Labute approximate surface area is 248 Å². The van der Waals surface area contributed by atoms with E-state index in [1.54, 1.807) is 0 Å². The van der Waals surface area contributed by atoms with Crippen molar-refractivity contribution in [3.05, 3.63) is 72.8 Å². The van der Waals surface area contributed by atoms with Gasteiger partial charge in [0.15, 0.2) is 14.7 Å². The van der Waals surface area contributed by atoms with E-state index >= 15 is 0 Å². The van der Waals surface area contributed by atoms with E-state index in [2.05, 4.69) is 58.3 Å². The molecule has 0 spiro atoms. The monoisotopic (exact) mass is 602 g/mol. The van der Waals surface area contributed by atoms with Crippen molar-refractivity contribution in [3.63, 3.8) is 0 Å². The van der Waals surface area contributed by atoms with E-state index < -0.39 is 21.9 Å². The van der Waals surface area contributed by atoms with Crippen molar-refractivity contribution < 1.29 is 27.2 Å². The van der Waals surface area contributed by atoms with E-state index in [0.29, 0.717) is 12.2 Å². The summed E-state index contributed by atoms with van der Waals surface area (Å²) in [5, 5.41) is 0. The van der Waals surface area contributed by atoms with Crippen molar-refractivity contribution in [2.24, 2.45) is 0 Å². The van der Waals surface area contributed by atoms with Gasteiger partial charge < -0.3 is 23.8 Å². The van der Waals surface area contributed by atoms with Gasteiger partial charge in [-0.05, 0) is 100.0 Å². The molecule has 0 heterocycles. The van der Waals surface area contributed by atoms with Crippen molar-refractivity contribution in [2.75, 3.05) is 43.7 Å². The van der Waals surface area contributed by atoms with Gasteiger partial charge in [-0.3, -0.25) is 0 Å². The molecule has 0 aliphatic carbocycles. The highest BCUT2D eigenvalue weighted by molar-refractivity contribution is 7.97. The molecular formula is C31H42N2O6S2. The van der Waals surface area contributed by atoms with Crippen molar-refractivity contribution in [1.29, 1.82) is 0 Å². The molecule has 224 valence electrons. The van der Waals surface area contributed by atoms with Crippen LogP contribution in [0.4, 0.5) is 16.2 Å². The summed E-state index contributed by atoms with van der Waals surface area (Å²) in [7, 11) is 3.92. The van der Waals surface area contributed by atoms with Crippen LogP contribution in [-0.4, -0.2) is 58.7 Å². The number of nitrogens with zero attached hydrogens (tertiary/aromatic N) is 2. The minimum Gasteiger partial charge on any atom is -0.748 e. The number of carbonyl (C=O) groups excluding carboxylic acids is 1. The predicted molar refractivity (Wildman–Crippen MR) is 166 cm³/mol. The number of rotatable bonds is 9. The Morgan fingerprint density at radius 2 is 1.17 bits per heavy atom. The van der Waals surface area contributed by atoms with Crippen LogP contribution in [0.25, 0.3) is 0 Å². The van der Waals surface area contributed by atoms with Gasteiger partial charge in [0.2, 0.25) is 0 Å². The van der Waals surface area contributed by atoms with Gasteiger partial charge in [0, 0.05) is 45.3 Å². The number of hydrogen-bond acceptors (Lipinski definition) is 8. The highest BCUT2D eigenvalue weighted by Gasteiger charge is 2.29. The van der Waals surface area contributed by atoms with Gasteiger partial charge in [0.05, 0.1) is 21.0 Å². The molecule has 0 saturated heterocycles. The summed E-state index contributed by atoms with van der Waals surface area (Å²) in [4.78, 5) is 19.8. The molecule has 0 bridgehead atoms. The number of benzene rings is 3. The van der Waals surface area contributed by atoms with Crippen LogP contribution in [0.15, 0.2) is 87.5 Å². The molecule has 41 heavy (non-hydrogen) atoms. The molecule has 3 rings (SSSR count). The third-order valence-corrected chi connectivity index (χ3v) is 8.60. The highest BCUT2D eigenvalue weighted by Crippen LogP contribution is 2.34. The fourth-order valence-electron chi connectivity index (χ4n) is 3.50. The molecule has 8 nitrogen and oxygen atoms in total. The molecule has 0 atom stereocenters. The van der Waals surface area contributed by atoms with Crippen LogP contribution in [0.5, 0.6) is 5.75 Å². The van der Waals surface area contributed by atoms with Crippen LogP contribution < -0.4 is 14.5 Å². The molecule has 0 unspecified atom stereocenters. The van der Waals surface area contributed by atoms with Crippen molar-refractivity contribution in [1.82, 2.24) is 0 Å². The smallest absolute Gasteiger partial charge is 0.514 e. The number of anilines is 2. The van der Waals surface area contributed by atoms with Gasteiger partial charge >= 0.3 is 6.16 Å². The molecule has 10 heteroatoms. The number of unbranched alkanes of at least 4 members (excludes halogenated alkanes) is 1. The topological polar surface area (TPSA) is 99.2 Å². The Kier molecular flexibility index (Phi) is 12.6. The average Bonchev–Trinajstić information content (AvgIpc) is 2.88.